The molecule has 6 nitrogen and oxygen atoms in total. The Morgan fingerprint density at radius 2 is 1.88 bits per heavy atom. The van der Waals surface area contributed by atoms with Crippen molar-refractivity contribution in [3.8, 4) is 11.4 Å². The van der Waals surface area contributed by atoms with Crippen LogP contribution in [0.15, 0.2) is 48.5 Å². The molecule has 1 atom stereocenters. The first kappa shape index (κ1) is 16.2. The molecule has 1 aromatic heterocycles. The van der Waals surface area contributed by atoms with Crippen LogP contribution in [0.4, 0.5) is 5.69 Å². The number of carbonyl (C=O) groups excluding carboxylic acids is 2. The van der Waals surface area contributed by atoms with Crippen LogP contribution in [0.5, 0.6) is 5.75 Å². The fourth-order valence-corrected chi connectivity index (χ4v) is 3.55. The third kappa shape index (κ3) is 2.34. The smallest absolute Gasteiger partial charge is 0.238 e. The number of nitrogens with zero attached hydrogens (tertiary/aromatic N) is 2. The number of para-hydroxylation sites is 1. The number of imide groups is 1. The van der Waals surface area contributed by atoms with Crippen molar-refractivity contribution < 1.29 is 14.3 Å². The number of likely N-dealkylation sites (tertiary alicyclic amines) is 1. The summed E-state index contributed by atoms with van der Waals surface area (Å²) in [6, 6.07) is 15.3. The highest BCUT2D eigenvalue weighted by molar-refractivity contribution is 6.06. The zero-order valence-corrected chi connectivity index (χ0v) is 14.6. The van der Waals surface area contributed by atoms with Crippen LogP contribution in [0, 0.1) is 0 Å². The van der Waals surface area contributed by atoms with E-state index in [2.05, 4.69) is 0 Å². The Hall–Kier alpha value is -3.28. The summed E-state index contributed by atoms with van der Waals surface area (Å²) in [5.74, 6) is -0.205. The molecule has 2 amide bonds. The molecular weight excluding hydrogens is 330 g/mol. The molecule has 2 aromatic carbocycles. The van der Waals surface area contributed by atoms with Gasteiger partial charge in [-0.15, -0.1) is 0 Å². The Balaban J connectivity index is 1.96. The summed E-state index contributed by atoms with van der Waals surface area (Å²) >= 11 is 0. The molecular formula is C20H19N3O3. The lowest BCUT2D eigenvalue weighted by Gasteiger charge is -2.17. The van der Waals surface area contributed by atoms with Crippen molar-refractivity contribution in [3.63, 3.8) is 0 Å². The van der Waals surface area contributed by atoms with Crippen LogP contribution in [0.25, 0.3) is 16.6 Å². The van der Waals surface area contributed by atoms with E-state index >= 15 is 0 Å². The lowest BCUT2D eigenvalue weighted by Crippen LogP contribution is -2.25. The molecule has 0 spiro atoms. The van der Waals surface area contributed by atoms with Gasteiger partial charge in [-0.3, -0.25) is 14.5 Å². The molecule has 3 aromatic rings. The molecule has 26 heavy (non-hydrogen) atoms. The van der Waals surface area contributed by atoms with E-state index in [0.717, 1.165) is 22.3 Å². The minimum Gasteiger partial charge on any atom is -0.497 e. The predicted octanol–water partition coefficient (Wildman–Crippen LogP) is 2.69. The fraction of sp³-hybridized carbons (Fsp3) is 0.200. The van der Waals surface area contributed by atoms with Crippen LogP contribution in [-0.4, -0.2) is 35.4 Å². The van der Waals surface area contributed by atoms with Crippen LogP contribution < -0.4 is 10.5 Å². The molecule has 1 fully saturated rings. The molecule has 1 unspecified atom stereocenters. The van der Waals surface area contributed by atoms with Gasteiger partial charge < -0.3 is 15.0 Å². The number of benzene rings is 2. The number of hydrogen-bond donors (Lipinski definition) is 1. The highest BCUT2D eigenvalue weighted by Gasteiger charge is 2.39. The zero-order chi connectivity index (χ0) is 18.4. The standard InChI is InChI=1S/C20H19N3O3/c1-22-19(24)11-14(20(22)25)18-9-12-5-3-4-6-16(12)23(18)17-8-7-13(26-2)10-15(17)21/h3-10,14H,11,21H2,1-2H3. The Labute approximate surface area is 150 Å². The number of aromatic nitrogens is 1. The van der Waals surface area contributed by atoms with E-state index in [9.17, 15) is 9.59 Å². The van der Waals surface area contributed by atoms with Crippen LogP contribution in [0.1, 0.15) is 18.0 Å². The molecule has 6 heteroatoms. The van der Waals surface area contributed by atoms with Crippen LogP contribution in [-0.2, 0) is 9.59 Å². The van der Waals surface area contributed by atoms with Gasteiger partial charge in [0, 0.05) is 30.6 Å². The van der Waals surface area contributed by atoms with Crippen molar-refractivity contribution in [2.45, 2.75) is 12.3 Å². The summed E-state index contributed by atoms with van der Waals surface area (Å²) in [6.45, 7) is 0. The zero-order valence-electron chi connectivity index (χ0n) is 14.6. The normalized spacial score (nSPS) is 17.3. The van der Waals surface area contributed by atoms with Crippen molar-refractivity contribution >= 4 is 28.4 Å². The minimum absolute atomic E-state index is 0.167. The summed E-state index contributed by atoms with van der Waals surface area (Å²) in [6.07, 6.45) is 0.168. The maximum absolute atomic E-state index is 12.6. The lowest BCUT2D eigenvalue weighted by atomic mass is 10.0. The summed E-state index contributed by atoms with van der Waals surface area (Å²) in [7, 11) is 3.11. The first-order valence-corrected chi connectivity index (χ1v) is 8.36. The van der Waals surface area contributed by atoms with Gasteiger partial charge in [0.05, 0.1) is 29.9 Å². The van der Waals surface area contributed by atoms with Gasteiger partial charge in [0.1, 0.15) is 5.75 Å². The number of amides is 2. The van der Waals surface area contributed by atoms with E-state index < -0.39 is 5.92 Å². The molecule has 4 rings (SSSR count). The summed E-state index contributed by atoms with van der Waals surface area (Å²) in [5.41, 5.74) is 9.28. The number of anilines is 1. The number of hydrogen-bond acceptors (Lipinski definition) is 4. The molecule has 132 valence electrons. The van der Waals surface area contributed by atoms with Crippen LogP contribution in [0.2, 0.25) is 0 Å². The average molecular weight is 349 g/mol. The second-order valence-corrected chi connectivity index (χ2v) is 6.44. The van der Waals surface area contributed by atoms with E-state index in [1.54, 1.807) is 13.2 Å². The number of nitrogens with two attached hydrogens (primary N) is 1. The number of carbonyl (C=O) groups is 2. The summed E-state index contributed by atoms with van der Waals surface area (Å²) < 4.78 is 7.21. The molecule has 1 saturated heterocycles. The van der Waals surface area contributed by atoms with Gasteiger partial charge in [-0.2, -0.15) is 0 Å². The quantitative estimate of drug-likeness (QED) is 0.582. The number of likely N-dealkylation sites (N-methyl/N-ethyl adjacent to an activating group) is 1. The molecule has 1 aliphatic heterocycles. The highest BCUT2D eigenvalue weighted by Crippen LogP contribution is 2.37. The molecule has 0 saturated carbocycles. The number of nitrogen functional groups attached to an aromatic ring is 1. The molecule has 1 aliphatic rings. The van der Waals surface area contributed by atoms with Gasteiger partial charge in [0.25, 0.3) is 0 Å². The third-order valence-electron chi connectivity index (χ3n) is 4.95. The molecule has 0 radical (unpaired) electrons. The average Bonchev–Trinajstić information content (AvgIpc) is 3.14. The topological polar surface area (TPSA) is 77.6 Å². The third-order valence-corrected chi connectivity index (χ3v) is 4.95. The van der Waals surface area contributed by atoms with E-state index in [1.165, 1.54) is 11.9 Å². The predicted molar refractivity (Wildman–Crippen MR) is 99.4 cm³/mol. The van der Waals surface area contributed by atoms with E-state index in [1.807, 2.05) is 47.0 Å². The van der Waals surface area contributed by atoms with Gasteiger partial charge in [-0.1, -0.05) is 18.2 Å². The molecule has 2 heterocycles. The summed E-state index contributed by atoms with van der Waals surface area (Å²) in [4.78, 5) is 25.8. The highest BCUT2D eigenvalue weighted by atomic mass is 16.5. The molecule has 0 bridgehead atoms. The monoisotopic (exact) mass is 349 g/mol. The van der Waals surface area contributed by atoms with E-state index in [4.69, 9.17) is 10.5 Å². The second kappa shape index (κ2) is 5.91. The number of rotatable bonds is 3. The Morgan fingerprint density at radius 3 is 2.54 bits per heavy atom. The van der Waals surface area contributed by atoms with Gasteiger partial charge in [0.15, 0.2) is 0 Å². The SMILES string of the molecule is COc1ccc(-n2c(C3CC(=O)N(C)C3=O)cc3ccccc32)c(N)c1. The molecule has 0 aliphatic carbocycles. The van der Waals surface area contributed by atoms with E-state index in [0.29, 0.717) is 11.4 Å². The van der Waals surface area contributed by atoms with Crippen molar-refractivity contribution in [1.82, 2.24) is 9.47 Å². The fourth-order valence-electron chi connectivity index (χ4n) is 3.55. The van der Waals surface area contributed by atoms with Crippen molar-refractivity contribution in [2.75, 3.05) is 19.9 Å². The Bertz CT molecular complexity index is 1040. The van der Waals surface area contributed by atoms with Gasteiger partial charge in [0.2, 0.25) is 11.8 Å². The maximum atomic E-state index is 12.6. The maximum Gasteiger partial charge on any atom is 0.238 e. The van der Waals surface area contributed by atoms with Crippen molar-refractivity contribution in [3.05, 3.63) is 54.2 Å². The number of fused-ring (bicyclic) bond motifs is 1. The van der Waals surface area contributed by atoms with Crippen molar-refractivity contribution in [1.29, 1.82) is 0 Å². The van der Waals surface area contributed by atoms with Crippen LogP contribution >= 0.6 is 0 Å². The van der Waals surface area contributed by atoms with Gasteiger partial charge >= 0.3 is 0 Å². The van der Waals surface area contributed by atoms with Gasteiger partial charge in [-0.25, -0.2) is 0 Å². The summed E-state index contributed by atoms with van der Waals surface area (Å²) in [5, 5.41) is 0.993. The number of ether oxygens (including phenoxy) is 1. The first-order valence-electron chi connectivity index (χ1n) is 8.36. The molecule has 2 N–H and O–H groups in total. The number of methoxy groups -OCH3 is 1. The van der Waals surface area contributed by atoms with Gasteiger partial charge in [-0.05, 0) is 24.3 Å². The van der Waals surface area contributed by atoms with Crippen molar-refractivity contribution in [2.24, 2.45) is 0 Å². The minimum atomic E-state index is -0.513. The van der Waals surface area contributed by atoms with E-state index in [-0.39, 0.29) is 18.2 Å². The lowest BCUT2D eigenvalue weighted by molar-refractivity contribution is -0.137. The first-order chi connectivity index (χ1) is 12.5. The Morgan fingerprint density at radius 1 is 1.12 bits per heavy atom. The Kier molecular flexibility index (Phi) is 3.68. The largest absolute Gasteiger partial charge is 0.497 e. The van der Waals surface area contributed by atoms with Crippen LogP contribution in [0.3, 0.4) is 0 Å². The second-order valence-electron chi connectivity index (χ2n) is 6.44.